The van der Waals surface area contributed by atoms with Gasteiger partial charge in [-0.2, -0.15) is 0 Å². The van der Waals surface area contributed by atoms with Crippen LogP contribution in [0.15, 0.2) is 52.9 Å². The van der Waals surface area contributed by atoms with Gasteiger partial charge in [-0.3, -0.25) is 4.79 Å². The lowest BCUT2D eigenvalue weighted by molar-refractivity contribution is 0.0677. The Labute approximate surface area is 146 Å². The van der Waals surface area contributed by atoms with Gasteiger partial charge in [-0.25, -0.2) is 0 Å². The maximum Gasteiger partial charge on any atom is 0.289 e. The second-order valence-electron chi connectivity index (χ2n) is 5.91. The van der Waals surface area contributed by atoms with Crippen molar-refractivity contribution in [3.63, 3.8) is 0 Å². The van der Waals surface area contributed by atoms with E-state index in [4.69, 9.17) is 9.15 Å². The molecule has 0 fully saturated rings. The van der Waals surface area contributed by atoms with Crippen LogP contribution in [0.5, 0.6) is 5.75 Å². The number of ether oxygens (including phenoxy) is 1. The molecule has 5 nitrogen and oxygen atoms in total. The number of aliphatic hydroxyl groups excluding tert-OH is 1. The highest BCUT2D eigenvalue weighted by atomic mass is 16.5. The lowest BCUT2D eigenvalue weighted by Gasteiger charge is -2.21. The average Bonchev–Trinajstić information content (AvgIpc) is 3.04. The number of benzene rings is 2. The molecule has 0 spiro atoms. The molecule has 0 aliphatic heterocycles. The summed E-state index contributed by atoms with van der Waals surface area (Å²) < 4.78 is 11.0. The fourth-order valence-electron chi connectivity index (χ4n) is 2.84. The van der Waals surface area contributed by atoms with Gasteiger partial charge < -0.3 is 19.2 Å². The summed E-state index contributed by atoms with van der Waals surface area (Å²) in [6.07, 6.45) is 0. The minimum atomic E-state index is -0.256. The quantitative estimate of drug-likeness (QED) is 0.748. The van der Waals surface area contributed by atoms with Crippen LogP contribution >= 0.6 is 0 Å². The SMILES string of the molecule is COc1ccccc1CN(CCO)C(=O)c1cc2cc(C)ccc2o1. The Bertz CT molecular complexity index is 884. The summed E-state index contributed by atoms with van der Waals surface area (Å²) >= 11 is 0. The molecular weight excluding hydrogens is 318 g/mol. The van der Waals surface area contributed by atoms with Crippen LogP contribution in [0.4, 0.5) is 0 Å². The topological polar surface area (TPSA) is 62.9 Å². The van der Waals surface area contributed by atoms with E-state index in [1.807, 2.05) is 49.4 Å². The van der Waals surface area contributed by atoms with Gasteiger partial charge in [0.15, 0.2) is 5.76 Å². The normalized spacial score (nSPS) is 10.8. The first-order chi connectivity index (χ1) is 12.1. The molecule has 0 radical (unpaired) electrons. The number of hydrogen-bond acceptors (Lipinski definition) is 4. The summed E-state index contributed by atoms with van der Waals surface area (Å²) in [6, 6.07) is 15.0. The molecule has 1 N–H and O–H groups in total. The van der Waals surface area contributed by atoms with Crippen LogP contribution in [0.3, 0.4) is 0 Å². The highest BCUT2D eigenvalue weighted by Gasteiger charge is 2.21. The molecule has 1 amide bonds. The third kappa shape index (κ3) is 3.67. The molecule has 0 aliphatic carbocycles. The molecule has 0 atom stereocenters. The second kappa shape index (κ2) is 7.40. The minimum absolute atomic E-state index is 0.125. The van der Waals surface area contributed by atoms with E-state index in [0.717, 1.165) is 16.5 Å². The molecule has 1 heterocycles. The summed E-state index contributed by atoms with van der Waals surface area (Å²) in [5.41, 5.74) is 2.66. The monoisotopic (exact) mass is 339 g/mol. The zero-order valence-electron chi connectivity index (χ0n) is 14.4. The van der Waals surface area contributed by atoms with Gasteiger partial charge in [0.25, 0.3) is 5.91 Å². The Kier molecular flexibility index (Phi) is 5.05. The summed E-state index contributed by atoms with van der Waals surface area (Å²) in [6.45, 7) is 2.42. The van der Waals surface area contributed by atoms with E-state index in [-0.39, 0.29) is 24.8 Å². The standard InChI is InChI=1S/C20H21NO4/c1-14-7-8-18-16(11-14)12-19(25-18)20(23)21(9-10-22)13-15-5-3-4-6-17(15)24-2/h3-8,11-12,22H,9-10,13H2,1-2H3. The number of fused-ring (bicyclic) bond motifs is 1. The highest BCUT2D eigenvalue weighted by molar-refractivity contribution is 5.96. The lowest BCUT2D eigenvalue weighted by atomic mass is 10.1. The first kappa shape index (κ1) is 17.0. The molecule has 0 aliphatic rings. The number of hydrogen-bond donors (Lipinski definition) is 1. The Morgan fingerprint density at radius 1 is 1.20 bits per heavy atom. The van der Waals surface area contributed by atoms with Crippen molar-refractivity contribution in [2.24, 2.45) is 0 Å². The summed E-state index contributed by atoms with van der Waals surface area (Å²) in [7, 11) is 1.60. The van der Waals surface area contributed by atoms with E-state index >= 15 is 0 Å². The van der Waals surface area contributed by atoms with Crippen LogP contribution < -0.4 is 4.74 Å². The largest absolute Gasteiger partial charge is 0.496 e. The predicted molar refractivity (Wildman–Crippen MR) is 95.8 cm³/mol. The van der Waals surface area contributed by atoms with Gasteiger partial charge in [0.05, 0.1) is 13.7 Å². The van der Waals surface area contributed by atoms with Crippen molar-refractivity contribution in [1.29, 1.82) is 0 Å². The summed E-state index contributed by atoms with van der Waals surface area (Å²) in [5.74, 6) is 0.719. The van der Waals surface area contributed by atoms with Crippen molar-refractivity contribution >= 4 is 16.9 Å². The van der Waals surface area contributed by atoms with Gasteiger partial charge in [-0.05, 0) is 31.2 Å². The van der Waals surface area contributed by atoms with Crippen LogP contribution in [0.2, 0.25) is 0 Å². The van der Waals surface area contributed by atoms with Crippen LogP contribution in [-0.2, 0) is 6.54 Å². The Hall–Kier alpha value is -2.79. The fraction of sp³-hybridized carbons (Fsp3) is 0.250. The van der Waals surface area contributed by atoms with E-state index in [1.165, 1.54) is 0 Å². The van der Waals surface area contributed by atoms with Crippen molar-refractivity contribution in [2.75, 3.05) is 20.3 Å². The first-order valence-electron chi connectivity index (χ1n) is 8.14. The van der Waals surface area contributed by atoms with Gasteiger partial charge in [-0.1, -0.05) is 29.8 Å². The second-order valence-corrected chi connectivity index (χ2v) is 5.91. The number of carbonyl (C=O) groups excluding carboxylic acids is 1. The molecular formula is C20H21NO4. The molecule has 0 saturated carbocycles. The minimum Gasteiger partial charge on any atom is -0.496 e. The van der Waals surface area contributed by atoms with Crippen LogP contribution in [0, 0.1) is 6.92 Å². The highest BCUT2D eigenvalue weighted by Crippen LogP contribution is 2.24. The van der Waals surface area contributed by atoms with E-state index in [2.05, 4.69) is 0 Å². The summed E-state index contributed by atoms with van der Waals surface area (Å²) in [4.78, 5) is 14.4. The first-order valence-corrected chi connectivity index (χ1v) is 8.14. The lowest BCUT2D eigenvalue weighted by Crippen LogP contribution is -2.33. The summed E-state index contributed by atoms with van der Waals surface area (Å²) in [5, 5.41) is 10.3. The van der Waals surface area contributed by atoms with Crippen molar-refractivity contribution in [2.45, 2.75) is 13.5 Å². The van der Waals surface area contributed by atoms with Gasteiger partial charge >= 0.3 is 0 Å². The molecule has 130 valence electrons. The third-order valence-corrected chi connectivity index (χ3v) is 4.09. The molecule has 5 heteroatoms. The van der Waals surface area contributed by atoms with Crippen molar-refractivity contribution in [3.05, 3.63) is 65.4 Å². The maximum atomic E-state index is 12.9. The Morgan fingerprint density at radius 2 is 2.00 bits per heavy atom. The van der Waals surface area contributed by atoms with E-state index < -0.39 is 0 Å². The number of furan rings is 1. The molecule has 2 aromatic carbocycles. The number of aliphatic hydroxyl groups is 1. The fourth-order valence-corrected chi connectivity index (χ4v) is 2.84. The van der Waals surface area contributed by atoms with E-state index in [0.29, 0.717) is 17.9 Å². The zero-order chi connectivity index (χ0) is 17.8. The number of para-hydroxylation sites is 1. The van der Waals surface area contributed by atoms with Crippen LogP contribution in [0.1, 0.15) is 21.7 Å². The van der Waals surface area contributed by atoms with Crippen molar-refractivity contribution in [3.8, 4) is 5.75 Å². The predicted octanol–water partition coefficient (Wildman–Crippen LogP) is 3.38. The number of nitrogens with zero attached hydrogens (tertiary/aromatic N) is 1. The third-order valence-electron chi connectivity index (χ3n) is 4.09. The van der Waals surface area contributed by atoms with Crippen LogP contribution in [0.25, 0.3) is 11.0 Å². The van der Waals surface area contributed by atoms with E-state index in [9.17, 15) is 9.90 Å². The molecule has 25 heavy (non-hydrogen) atoms. The Balaban J connectivity index is 1.89. The molecule has 3 rings (SSSR count). The smallest absolute Gasteiger partial charge is 0.289 e. The van der Waals surface area contributed by atoms with Gasteiger partial charge in [0.2, 0.25) is 0 Å². The number of carbonyl (C=O) groups is 1. The van der Waals surface area contributed by atoms with E-state index in [1.54, 1.807) is 18.1 Å². The van der Waals surface area contributed by atoms with Gasteiger partial charge in [0, 0.05) is 24.0 Å². The van der Waals surface area contributed by atoms with Crippen molar-refractivity contribution in [1.82, 2.24) is 4.90 Å². The van der Waals surface area contributed by atoms with Crippen LogP contribution in [-0.4, -0.2) is 36.2 Å². The average molecular weight is 339 g/mol. The molecule has 1 aromatic heterocycles. The molecule has 0 saturated heterocycles. The molecule has 3 aromatic rings. The number of methoxy groups -OCH3 is 1. The van der Waals surface area contributed by atoms with Crippen molar-refractivity contribution < 1.29 is 19.1 Å². The molecule has 0 bridgehead atoms. The van der Waals surface area contributed by atoms with Gasteiger partial charge in [0.1, 0.15) is 11.3 Å². The number of aryl methyl sites for hydroxylation is 1. The molecule has 0 unspecified atom stereocenters. The maximum absolute atomic E-state index is 12.9. The number of rotatable bonds is 6. The Morgan fingerprint density at radius 3 is 2.76 bits per heavy atom. The zero-order valence-corrected chi connectivity index (χ0v) is 14.4. The van der Waals surface area contributed by atoms with Gasteiger partial charge in [-0.15, -0.1) is 0 Å². The number of amides is 1.